The Morgan fingerprint density at radius 1 is 1.37 bits per heavy atom. The molecule has 0 bridgehead atoms. The van der Waals surface area contributed by atoms with Gasteiger partial charge in [0.2, 0.25) is 0 Å². The summed E-state index contributed by atoms with van der Waals surface area (Å²) in [7, 11) is 0. The quantitative estimate of drug-likeness (QED) is 0.594. The van der Waals surface area contributed by atoms with Gasteiger partial charge in [-0.05, 0) is 40.9 Å². The number of rotatable bonds is 3. The second-order valence-electron chi connectivity index (χ2n) is 6.78. The maximum atomic E-state index is 12.6. The van der Waals surface area contributed by atoms with Gasteiger partial charge in [-0.3, -0.25) is 9.78 Å². The zero-order chi connectivity index (χ0) is 18.8. The molecule has 3 aromatic rings. The lowest BCUT2D eigenvalue weighted by Gasteiger charge is -2.27. The molecule has 0 aromatic carbocycles. The molecule has 3 aromatic heterocycles. The van der Waals surface area contributed by atoms with Crippen LogP contribution in [0.4, 0.5) is 11.4 Å². The van der Waals surface area contributed by atoms with Crippen LogP contribution in [0.15, 0.2) is 41.4 Å². The second-order valence-corrected chi connectivity index (χ2v) is 7.63. The number of carbonyl (C=O) groups is 1. The van der Waals surface area contributed by atoms with E-state index in [1.54, 1.807) is 36.9 Å². The summed E-state index contributed by atoms with van der Waals surface area (Å²) in [6.45, 7) is 1.70. The van der Waals surface area contributed by atoms with Gasteiger partial charge in [0.15, 0.2) is 0 Å². The summed E-state index contributed by atoms with van der Waals surface area (Å²) in [5.41, 5.74) is 9.22. The molecule has 140 valence electrons. The Hall–Kier alpha value is -2.45. The van der Waals surface area contributed by atoms with Crippen molar-refractivity contribution in [3.8, 4) is 0 Å². The number of amides is 1. The molecule has 4 heterocycles. The van der Waals surface area contributed by atoms with Gasteiger partial charge in [0, 0.05) is 43.9 Å². The number of nitrogens with two attached hydrogens (primary N) is 1. The van der Waals surface area contributed by atoms with Crippen LogP contribution in [0.5, 0.6) is 0 Å². The Kier molecular flexibility index (Phi) is 5.09. The number of aromatic nitrogens is 3. The number of nitrogens with one attached hydrogen (secondary N) is 2. The van der Waals surface area contributed by atoms with Crippen LogP contribution in [0.1, 0.15) is 29.6 Å². The van der Waals surface area contributed by atoms with E-state index in [2.05, 4.69) is 41.1 Å². The normalized spacial score (nSPS) is 17.7. The lowest BCUT2D eigenvalue weighted by atomic mass is 10.1. The van der Waals surface area contributed by atoms with Gasteiger partial charge in [0.25, 0.3) is 5.91 Å². The largest absolute Gasteiger partial charge is 0.368 e. The third kappa shape index (κ3) is 3.68. The minimum Gasteiger partial charge on any atom is -0.368 e. The highest BCUT2D eigenvalue weighted by atomic mass is 79.9. The van der Waals surface area contributed by atoms with Crippen LogP contribution in [-0.4, -0.2) is 40.0 Å². The van der Waals surface area contributed by atoms with E-state index >= 15 is 0 Å². The van der Waals surface area contributed by atoms with Crippen LogP contribution in [0, 0.1) is 0 Å². The predicted octanol–water partition coefficient (Wildman–Crippen LogP) is 3.29. The van der Waals surface area contributed by atoms with Crippen molar-refractivity contribution in [1.29, 1.82) is 0 Å². The second kappa shape index (κ2) is 7.66. The third-order valence-corrected chi connectivity index (χ3v) is 5.41. The molecule has 8 heteroatoms. The van der Waals surface area contributed by atoms with Gasteiger partial charge in [-0.2, -0.15) is 0 Å². The fourth-order valence-corrected chi connectivity index (χ4v) is 4.08. The van der Waals surface area contributed by atoms with Gasteiger partial charge < -0.3 is 20.9 Å². The van der Waals surface area contributed by atoms with Crippen LogP contribution in [0.25, 0.3) is 11.0 Å². The standard InChI is InChI=1S/C19H21BrN6O/c20-14-9-23-18-16(17(14)26-7-2-1-5-13(21)11-26)15(10-24-18)25-19(27)12-4-3-6-22-8-12/h3-4,6,8-10,13H,1-2,5,7,11,21H2,(H,23,24)(H,25,27)/t13-/m1/s1. The molecular formula is C19H21BrN6O. The lowest BCUT2D eigenvalue weighted by molar-refractivity contribution is 0.102. The van der Waals surface area contributed by atoms with Crippen LogP contribution in [0.2, 0.25) is 0 Å². The predicted molar refractivity (Wildman–Crippen MR) is 110 cm³/mol. The summed E-state index contributed by atoms with van der Waals surface area (Å²) in [5, 5.41) is 3.87. The van der Waals surface area contributed by atoms with Crippen LogP contribution < -0.4 is 16.0 Å². The Balaban J connectivity index is 1.74. The minimum atomic E-state index is -0.206. The lowest BCUT2D eigenvalue weighted by Crippen LogP contribution is -2.36. The van der Waals surface area contributed by atoms with E-state index in [1.165, 1.54) is 0 Å². The molecule has 0 aliphatic carbocycles. The van der Waals surface area contributed by atoms with Gasteiger partial charge in [-0.25, -0.2) is 4.98 Å². The highest BCUT2D eigenvalue weighted by Crippen LogP contribution is 2.38. The van der Waals surface area contributed by atoms with Crippen molar-refractivity contribution in [3.63, 3.8) is 0 Å². The number of H-pyrrole nitrogens is 1. The summed E-state index contributed by atoms with van der Waals surface area (Å²) in [6.07, 6.45) is 10.0. The number of fused-ring (bicyclic) bond motifs is 1. The minimum absolute atomic E-state index is 0.134. The van der Waals surface area contributed by atoms with E-state index in [0.717, 1.165) is 53.5 Å². The summed E-state index contributed by atoms with van der Waals surface area (Å²) >= 11 is 3.65. The Bertz CT molecular complexity index is 957. The van der Waals surface area contributed by atoms with Crippen molar-refractivity contribution >= 4 is 44.2 Å². The third-order valence-electron chi connectivity index (χ3n) is 4.83. The summed E-state index contributed by atoms with van der Waals surface area (Å²) in [4.78, 5) is 26.5. The highest BCUT2D eigenvalue weighted by Gasteiger charge is 2.23. The van der Waals surface area contributed by atoms with E-state index in [1.807, 2.05) is 0 Å². The number of nitrogens with zero attached hydrogens (tertiary/aromatic N) is 3. The zero-order valence-electron chi connectivity index (χ0n) is 14.8. The van der Waals surface area contributed by atoms with Crippen LogP contribution >= 0.6 is 15.9 Å². The fourth-order valence-electron chi connectivity index (χ4n) is 3.53. The van der Waals surface area contributed by atoms with Crippen molar-refractivity contribution in [1.82, 2.24) is 15.0 Å². The molecule has 0 unspecified atom stereocenters. The number of carbonyl (C=O) groups excluding carboxylic acids is 1. The number of aromatic amines is 1. The van der Waals surface area contributed by atoms with Crippen molar-refractivity contribution < 1.29 is 4.79 Å². The topological polar surface area (TPSA) is 99.9 Å². The molecule has 0 saturated carbocycles. The number of hydrogen-bond donors (Lipinski definition) is 3. The van der Waals surface area contributed by atoms with Crippen molar-refractivity contribution in [2.75, 3.05) is 23.3 Å². The monoisotopic (exact) mass is 428 g/mol. The molecule has 1 atom stereocenters. The summed E-state index contributed by atoms with van der Waals surface area (Å²) in [5.74, 6) is -0.206. The molecule has 4 rings (SSSR count). The molecule has 0 spiro atoms. The molecule has 7 nitrogen and oxygen atoms in total. The van der Waals surface area contributed by atoms with Gasteiger partial charge in [0.05, 0.1) is 26.8 Å². The first kappa shape index (κ1) is 17.9. The van der Waals surface area contributed by atoms with E-state index in [9.17, 15) is 4.79 Å². The molecule has 27 heavy (non-hydrogen) atoms. The van der Waals surface area contributed by atoms with E-state index in [0.29, 0.717) is 11.3 Å². The zero-order valence-corrected chi connectivity index (χ0v) is 16.4. The Labute approximate surface area is 165 Å². The number of halogens is 1. The van der Waals surface area contributed by atoms with E-state index in [4.69, 9.17) is 5.73 Å². The molecule has 4 N–H and O–H groups in total. The maximum absolute atomic E-state index is 12.6. The molecule has 1 amide bonds. The van der Waals surface area contributed by atoms with Crippen molar-refractivity contribution in [2.45, 2.75) is 25.3 Å². The first-order valence-corrected chi connectivity index (χ1v) is 9.80. The van der Waals surface area contributed by atoms with Crippen LogP contribution in [0.3, 0.4) is 0 Å². The van der Waals surface area contributed by atoms with Crippen molar-refractivity contribution in [2.24, 2.45) is 5.73 Å². The molecular weight excluding hydrogens is 408 g/mol. The van der Waals surface area contributed by atoms with Crippen molar-refractivity contribution in [3.05, 3.63) is 47.0 Å². The van der Waals surface area contributed by atoms with Gasteiger partial charge in [0.1, 0.15) is 5.65 Å². The smallest absolute Gasteiger partial charge is 0.257 e. The SMILES string of the molecule is N[C@@H]1CCCCN(c2c(Br)cnc3[nH]cc(NC(=O)c4cccnc4)c23)C1. The van der Waals surface area contributed by atoms with Gasteiger partial charge in [-0.15, -0.1) is 0 Å². The number of anilines is 2. The Morgan fingerprint density at radius 3 is 3.07 bits per heavy atom. The summed E-state index contributed by atoms with van der Waals surface area (Å²) in [6, 6.07) is 3.61. The van der Waals surface area contributed by atoms with E-state index in [-0.39, 0.29) is 11.9 Å². The Morgan fingerprint density at radius 2 is 2.26 bits per heavy atom. The first-order valence-electron chi connectivity index (χ1n) is 9.01. The van der Waals surface area contributed by atoms with E-state index < -0.39 is 0 Å². The average molecular weight is 429 g/mol. The van der Waals surface area contributed by atoms with Gasteiger partial charge in [-0.1, -0.05) is 6.42 Å². The van der Waals surface area contributed by atoms with Crippen LogP contribution in [-0.2, 0) is 0 Å². The number of hydrogen-bond acceptors (Lipinski definition) is 5. The average Bonchev–Trinajstić information content (AvgIpc) is 2.94. The first-order chi connectivity index (χ1) is 13.1. The maximum Gasteiger partial charge on any atom is 0.257 e. The van der Waals surface area contributed by atoms with Gasteiger partial charge >= 0.3 is 0 Å². The molecule has 1 aliphatic heterocycles. The molecule has 1 aliphatic rings. The summed E-state index contributed by atoms with van der Waals surface area (Å²) < 4.78 is 0.889. The molecule has 1 fully saturated rings. The fraction of sp³-hybridized carbons (Fsp3) is 0.316. The molecule has 1 saturated heterocycles. The highest BCUT2D eigenvalue weighted by molar-refractivity contribution is 9.10. The molecule has 0 radical (unpaired) electrons. The number of pyridine rings is 2.